The average molecular weight is 201 g/mol. The standard InChI is InChI=1S/C9H19N3O2/c10-4-8(13)6-12-3-1-2-7(5-12)9(11)14/h7-8,13H,1-6,10H2,(H2,11,14). The van der Waals surface area contributed by atoms with Gasteiger partial charge in [-0.05, 0) is 19.4 Å². The largest absolute Gasteiger partial charge is 0.390 e. The van der Waals surface area contributed by atoms with E-state index in [0.29, 0.717) is 13.1 Å². The summed E-state index contributed by atoms with van der Waals surface area (Å²) in [4.78, 5) is 13.0. The zero-order valence-electron chi connectivity index (χ0n) is 8.35. The first-order valence-electron chi connectivity index (χ1n) is 5.03. The van der Waals surface area contributed by atoms with Crippen LogP contribution in [0.5, 0.6) is 0 Å². The van der Waals surface area contributed by atoms with Gasteiger partial charge in [-0.3, -0.25) is 9.69 Å². The fraction of sp³-hybridized carbons (Fsp3) is 0.889. The van der Waals surface area contributed by atoms with Crippen molar-refractivity contribution in [2.45, 2.75) is 18.9 Å². The Bertz CT molecular complexity index is 198. The highest BCUT2D eigenvalue weighted by atomic mass is 16.3. The van der Waals surface area contributed by atoms with Crippen LogP contribution in [0.15, 0.2) is 0 Å². The predicted molar refractivity (Wildman–Crippen MR) is 53.4 cm³/mol. The van der Waals surface area contributed by atoms with Crippen LogP contribution in [0.3, 0.4) is 0 Å². The van der Waals surface area contributed by atoms with E-state index in [0.717, 1.165) is 19.4 Å². The van der Waals surface area contributed by atoms with Crippen molar-refractivity contribution in [2.24, 2.45) is 17.4 Å². The molecule has 0 aromatic heterocycles. The molecule has 0 radical (unpaired) electrons. The summed E-state index contributed by atoms with van der Waals surface area (Å²) in [5.41, 5.74) is 10.6. The maximum atomic E-state index is 11.0. The lowest BCUT2D eigenvalue weighted by Crippen LogP contribution is -2.45. The van der Waals surface area contributed by atoms with Crippen molar-refractivity contribution in [3.05, 3.63) is 0 Å². The molecule has 0 saturated carbocycles. The predicted octanol–water partition coefficient (Wildman–Crippen LogP) is -1.50. The van der Waals surface area contributed by atoms with E-state index in [1.807, 2.05) is 0 Å². The highest BCUT2D eigenvalue weighted by Gasteiger charge is 2.24. The molecule has 0 aliphatic carbocycles. The quantitative estimate of drug-likeness (QED) is 0.516. The van der Waals surface area contributed by atoms with Crippen molar-refractivity contribution in [1.82, 2.24) is 4.90 Å². The van der Waals surface area contributed by atoms with Gasteiger partial charge in [0.15, 0.2) is 0 Å². The molecule has 0 spiro atoms. The number of primary amides is 1. The molecule has 0 aromatic rings. The fourth-order valence-corrected chi connectivity index (χ4v) is 1.83. The van der Waals surface area contributed by atoms with E-state index in [1.54, 1.807) is 0 Å². The van der Waals surface area contributed by atoms with Gasteiger partial charge >= 0.3 is 0 Å². The number of carbonyl (C=O) groups excluding carboxylic acids is 1. The third-order valence-corrected chi connectivity index (χ3v) is 2.65. The van der Waals surface area contributed by atoms with E-state index in [4.69, 9.17) is 11.5 Å². The van der Waals surface area contributed by atoms with Gasteiger partial charge in [0.2, 0.25) is 5.91 Å². The number of aliphatic hydroxyl groups excluding tert-OH is 1. The highest BCUT2D eigenvalue weighted by Crippen LogP contribution is 2.15. The Balaban J connectivity index is 2.36. The molecule has 5 N–H and O–H groups in total. The van der Waals surface area contributed by atoms with E-state index in [-0.39, 0.29) is 18.4 Å². The van der Waals surface area contributed by atoms with Crippen molar-refractivity contribution in [1.29, 1.82) is 0 Å². The van der Waals surface area contributed by atoms with Crippen LogP contribution in [0.2, 0.25) is 0 Å². The van der Waals surface area contributed by atoms with Crippen molar-refractivity contribution >= 4 is 5.91 Å². The zero-order chi connectivity index (χ0) is 10.6. The summed E-state index contributed by atoms with van der Waals surface area (Å²) in [6.45, 7) is 2.38. The maximum Gasteiger partial charge on any atom is 0.221 e. The third kappa shape index (κ3) is 3.25. The van der Waals surface area contributed by atoms with Crippen LogP contribution in [0.25, 0.3) is 0 Å². The molecule has 1 aliphatic rings. The molecular weight excluding hydrogens is 182 g/mol. The number of piperidine rings is 1. The molecule has 5 heteroatoms. The van der Waals surface area contributed by atoms with Gasteiger partial charge in [-0.15, -0.1) is 0 Å². The number of aliphatic hydroxyl groups is 1. The topological polar surface area (TPSA) is 92.6 Å². The number of nitrogens with two attached hydrogens (primary N) is 2. The van der Waals surface area contributed by atoms with Crippen molar-refractivity contribution in [3.63, 3.8) is 0 Å². The molecular formula is C9H19N3O2. The summed E-state index contributed by atoms with van der Waals surface area (Å²) < 4.78 is 0. The third-order valence-electron chi connectivity index (χ3n) is 2.65. The molecule has 1 fully saturated rings. The van der Waals surface area contributed by atoms with Gasteiger partial charge in [0.1, 0.15) is 0 Å². The van der Waals surface area contributed by atoms with E-state index in [2.05, 4.69) is 4.90 Å². The molecule has 82 valence electrons. The minimum atomic E-state index is -0.498. The summed E-state index contributed by atoms with van der Waals surface area (Å²) in [5.74, 6) is -0.300. The van der Waals surface area contributed by atoms with Crippen molar-refractivity contribution in [2.75, 3.05) is 26.2 Å². The fourth-order valence-electron chi connectivity index (χ4n) is 1.83. The van der Waals surface area contributed by atoms with Crippen LogP contribution in [0.4, 0.5) is 0 Å². The summed E-state index contributed by atoms with van der Waals surface area (Å²) in [7, 11) is 0. The Kier molecular flexibility index (Phi) is 4.31. The molecule has 2 unspecified atom stereocenters. The molecule has 1 saturated heterocycles. The molecule has 5 nitrogen and oxygen atoms in total. The van der Waals surface area contributed by atoms with E-state index in [9.17, 15) is 9.90 Å². The van der Waals surface area contributed by atoms with Gasteiger partial charge in [0.05, 0.1) is 12.0 Å². The Hall–Kier alpha value is -0.650. The van der Waals surface area contributed by atoms with Gasteiger partial charge in [0, 0.05) is 19.6 Å². The van der Waals surface area contributed by atoms with Crippen LogP contribution in [0.1, 0.15) is 12.8 Å². The Labute approximate surface area is 84.0 Å². The molecule has 0 bridgehead atoms. The number of β-amino-alcohol motifs (C(OH)–C–C–N with tert-alkyl or cyclic N) is 1. The minimum Gasteiger partial charge on any atom is -0.390 e. The lowest BCUT2D eigenvalue weighted by Gasteiger charge is -2.32. The molecule has 1 amide bonds. The Morgan fingerprint density at radius 1 is 1.64 bits per heavy atom. The Morgan fingerprint density at radius 2 is 2.36 bits per heavy atom. The number of nitrogens with zero attached hydrogens (tertiary/aromatic N) is 1. The van der Waals surface area contributed by atoms with Gasteiger partial charge in [-0.1, -0.05) is 0 Å². The van der Waals surface area contributed by atoms with Crippen LogP contribution in [-0.2, 0) is 4.79 Å². The number of hydrogen-bond donors (Lipinski definition) is 3. The van der Waals surface area contributed by atoms with Gasteiger partial charge in [0.25, 0.3) is 0 Å². The average Bonchev–Trinajstić information content (AvgIpc) is 2.18. The summed E-state index contributed by atoms with van der Waals surface area (Å²) in [6, 6.07) is 0. The normalized spacial score (nSPS) is 26.0. The SMILES string of the molecule is NCC(O)CN1CCCC(C(N)=O)C1. The van der Waals surface area contributed by atoms with E-state index >= 15 is 0 Å². The number of hydrogen-bond acceptors (Lipinski definition) is 4. The van der Waals surface area contributed by atoms with Crippen LogP contribution < -0.4 is 11.5 Å². The lowest BCUT2D eigenvalue weighted by atomic mass is 9.97. The van der Waals surface area contributed by atoms with E-state index in [1.165, 1.54) is 0 Å². The van der Waals surface area contributed by atoms with E-state index < -0.39 is 6.10 Å². The second-order valence-electron chi connectivity index (χ2n) is 3.89. The molecule has 1 rings (SSSR count). The number of carbonyl (C=O) groups is 1. The molecule has 1 aliphatic heterocycles. The second kappa shape index (κ2) is 5.29. The molecule has 1 heterocycles. The minimum absolute atomic E-state index is 0.0614. The number of amides is 1. The van der Waals surface area contributed by atoms with Gasteiger partial charge in [-0.25, -0.2) is 0 Å². The zero-order valence-corrected chi connectivity index (χ0v) is 8.35. The number of likely N-dealkylation sites (tertiary alicyclic amines) is 1. The highest BCUT2D eigenvalue weighted by molar-refractivity contribution is 5.76. The van der Waals surface area contributed by atoms with Crippen LogP contribution in [0, 0.1) is 5.92 Å². The van der Waals surface area contributed by atoms with Crippen molar-refractivity contribution in [3.8, 4) is 0 Å². The smallest absolute Gasteiger partial charge is 0.221 e. The number of rotatable bonds is 4. The monoisotopic (exact) mass is 201 g/mol. The second-order valence-corrected chi connectivity index (χ2v) is 3.89. The lowest BCUT2D eigenvalue weighted by molar-refractivity contribution is -0.123. The first-order valence-corrected chi connectivity index (χ1v) is 5.03. The molecule has 2 atom stereocenters. The van der Waals surface area contributed by atoms with Gasteiger partial charge < -0.3 is 16.6 Å². The first kappa shape index (κ1) is 11.4. The summed E-state index contributed by atoms with van der Waals surface area (Å²) >= 11 is 0. The van der Waals surface area contributed by atoms with Crippen LogP contribution in [-0.4, -0.2) is 48.2 Å². The van der Waals surface area contributed by atoms with Crippen LogP contribution >= 0.6 is 0 Å². The molecule has 0 aromatic carbocycles. The maximum absolute atomic E-state index is 11.0. The Morgan fingerprint density at radius 3 is 2.93 bits per heavy atom. The molecule has 14 heavy (non-hydrogen) atoms. The van der Waals surface area contributed by atoms with Gasteiger partial charge in [-0.2, -0.15) is 0 Å². The summed E-state index contributed by atoms with van der Waals surface area (Å²) in [5, 5.41) is 9.35. The first-order chi connectivity index (χ1) is 6.63. The summed E-state index contributed by atoms with van der Waals surface area (Å²) in [6.07, 6.45) is 1.33. The van der Waals surface area contributed by atoms with Crippen molar-refractivity contribution < 1.29 is 9.90 Å².